The SMILES string of the molecule is COc1ccccc1C(I)=C(SCc1ccccc1F)C(=O)c1ccc(Cl)cc1. The fourth-order valence-corrected chi connectivity index (χ4v) is 4.98. The summed E-state index contributed by atoms with van der Waals surface area (Å²) < 4.78 is 20.3. The summed E-state index contributed by atoms with van der Waals surface area (Å²) in [5.74, 6) is 0.580. The molecular formula is C23H17ClFIO2S. The lowest BCUT2D eigenvalue weighted by Crippen LogP contribution is -2.04. The van der Waals surface area contributed by atoms with Crippen LogP contribution in [0.4, 0.5) is 4.39 Å². The molecule has 0 aromatic heterocycles. The molecule has 0 aliphatic heterocycles. The number of ketones is 1. The van der Waals surface area contributed by atoms with Gasteiger partial charge in [0.15, 0.2) is 5.78 Å². The molecule has 2 nitrogen and oxygen atoms in total. The Bertz CT molecular complexity index is 1050. The standard InChI is InChI=1S/C23H17ClFIO2S/c1-28-20-9-5-3-7-18(20)21(26)23(22(27)15-10-12-17(24)13-11-15)29-14-16-6-2-4-8-19(16)25/h2-13H,14H2,1H3. The highest BCUT2D eigenvalue weighted by atomic mass is 127. The molecule has 0 aliphatic rings. The Morgan fingerprint density at radius 1 is 1.03 bits per heavy atom. The van der Waals surface area contributed by atoms with Crippen molar-refractivity contribution in [1.29, 1.82) is 0 Å². The van der Waals surface area contributed by atoms with Crippen LogP contribution in [-0.2, 0) is 5.75 Å². The average Bonchev–Trinajstić information content (AvgIpc) is 2.75. The molecule has 148 valence electrons. The fourth-order valence-electron chi connectivity index (χ4n) is 2.67. The number of carbonyl (C=O) groups excluding carboxylic acids is 1. The highest BCUT2D eigenvalue weighted by Gasteiger charge is 2.20. The van der Waals surface area contributed by atoms with Crippen molar-refractivity contribution in [2.24, 2.45) is 0 Å². The van der Waals surface area contributed by atoms with Gasteiger partial charge in [0, 0.05) is 25.5 Å². The first-order valence-corrected chi connectivity index (χ1v) is 11.1. The van der Waals surface area contributed by atoms with Crippen molar-refractivity contribution in [3.63, 3.8) is 0 Å². The third-order valence-corrected chi connectivity index (χ3v) is 7.06. The van der Waals surface area contributed by atoms with Gasteiger partial charge in [-0.1, -0.05) is 48.0 Å². The van der Waals surface area contributed by atoms with Crippen LogP contribution in [0.5, 0.6) is 5.75 Å². The van der Waals surface area contributed by atoms with E-state index in [-0.39, 0.29) is 11.6 Å². The zero-order valence-corrected chi connectivity index (χ0v) is 19.2. The zero-order chi connectivity index (χ0) is 20.8. The maximum atomic E-state index is 14.1. The molecule has 0 spiro atoms. The summed E-state index contributed by atoms with van der Waals surface area (Å²) in [5, 5.41) is 0.561. The second-order valence-corrected chi connectivity index (χ2v) is 8.56. The monoisotopic (exact) mass is 538 g/mol. The molecule has 3 rings (SSSR count). The Morgan fingerprint density at radius 2 is 1.69 bits per heavy atom. The topological polar surface area (TPSA) is 26.3 Å². The lowest BCUT2D eigenvalue weighted by Gasteiger charge is -2.13. The van der Waals surface area contributed by atoms with E-state index in [0.29, 0.717) is 32.6 Å². The van der Waals surface area contributed by atoms with Crippen molar-refractivity contribution in [1.82, 2.24) is 0 Å². The number of Topliss-reactive ketones (excluding diaryl/α,β-unsaturated/α-hetero) is 1. The van der Waals surface area contributed by atoms with Crippen LogP contribution in [0.3, 0.4) is 0 Å². The Balaban J connectivity index is 2.04. The molecule has 0 amide bonds. The highest BCUT2D eigenvalue weighted by molar-refractivity contribution is 14.1. The number of methoxy groups -OCH3 is 1. The predicted molar refractivity (Wildman–Crippen MR) is 127 cm³/mol. The van der Waals surface area contributed by atoms with Gasteiger partial charge in [0.1, 0.15) is 11.6 Å². The number of thioether (sulfide) groups is 1. The first kappa shape index (κ1) is 21.9. The molecule has 0 bridgehead atoms. The van der Waals surface area contributed by atoms with Gasteiger partial charge in [-0.25, -0.2) is 4.39 Å². The molecule has 0 N–H and O–H groups in total. The minimum absolute atomic E-state index is 0.140. The number of allylic oxidation sites excluding steroid dienone is 1. The molecule has 0 unspecified atom stereocenters. The number of carbonyl (C=O) groups is 1. The van der Waals surface area contributed by atoms with E-state index in [2.05, 4.69) is 22.6 Å². The van der Waals surface area contributed by atoms with E-state index < -0.39 is 0 Å². The molecular weight excluding hydrogens is 522 g/mol. The lowest BCUT2D eigenvalue weighted by atomic mass is 10.1. The van der Waals surface area contributed by atoms with E-state index in [9.17, 15) is 9.18 Å². The van der Waals surface area contributed by atoms with Gasteiger partial charge in [0.25, 0.3) is 0 Å². The summed E-state index contributed by atoms with van der Waals surface area (Å²) in [6.45, 7) is 0. The van der Waals surface area contributed by atoms with Gasteiger partial charge in [-0.2, -0.15) is 0 Å². The maximum absolute atomic E-state index is 14.1. The van der Waals surface area contributed by atoms with Crippen LogP contribution in [0.15, 0.2) is 77.7 Å². The highest BCUT2D eigenvalue weighted by Crippen LogP contribution is 2.39. The summed E-state index contributed by atoms with van der Waals surface area (Å²) >= 11 is 9.43. The van der Waals surface area contributed by atoms with E-state index in [0.717, 1.165) is 9.14 Å². The van der Waals surface area contributed by atoms with Crippen molar-refractivity contribution in [3.05, 3.63) is 105 Å². The third-order valence-electron chi connectivity index (χ3n) is 4.19. The van der Waals surface area contributed by atoms with Gasteiger partial charge in [-0.05, 0) is 64.6 Å². The lowest BCUT2D eigenvalue weighted by molar-refractivity contribution is 0.104. The Labute approximate surface area is 192 Å². The van der Waals surface area contributed by atoms with Crippen molar-refractivity contribution in [2.45, 2.75) is 5.75 Å². The second-order valence-electron chi connectivity index (χ2n) is 6.06. The molecule has 0 saturated heterocycles. The molecule has 0 fully saturated rings. The van der Waals surface area contributed by atoms with Gasteiger partial charge in [-0.3, -0.25) is 4.79 Å². The summed E-state index contributed by atoms with van der Waals surface area (Å²) in [4.78, 5) is 13.8. The smallest absolute Gasteiger partial charge is 0.200 e. The predicted octanol–water partition coefficient (Wildman–Crippen LogP) is 7.41. The van der Waals surface area contributed by atoms with Crippen LogP contribution in [0.2, 0.25) is 5.02 Å². The van der Waals surface area contributed by atoms with Crippen molar-refractivity contribution < 1.29 is 13.9 Å². The van der Waals surface area contributed by atoms with Crippen LogP contribution >= 0.6 is 46.0 Å². The molecule has 3 aromatic rings. The van der Waals surface area contributed by atoms with E-state index in [1.165, 1.54) is 17.8 Å². The number of para-hydroxylation sites is 1. The summed E-state index contributed by atoms with van der Waals surface area (Å²) in [6.07, 6.45) is 0. The molecule has 0 saturated carbocycles. The van der Waals surface area contributed by atoms with Gasteiger partial charge in [-0.15, -0.1) is 11.8 Å². The van der Waals surface area contributed by atoms with Crippen LogP contribution in [-0.4, -0.2) is 12.9 Å². The number of hydrogen-bond acceptors (Lipinski definition) is 3. The van der Waals surface area contributed by atoms with Crippen molar-refractivity contribution in [2.75, 3.05) is 7.11 Å². The van der Waals surface area contributed by atoms with Crippen molar-refractivity contribution in [3.8, 4) is 5.75 Å². The molecule has 6 heteroatoms. The minimum atomic E-state index is -0.286. The van der Waals surface area contributed by atoms with E-state index in [1.807, 2.05) is 24.3 Å². The van der Waals surface area contributed by atoms with Gasteiger partial charge < -0.3 is 4.74 Å². The minimum Gasteiger partial charge on any atom is -0.496 e. The van der Waals surface area contributed by atoms with Crippen LogP contribution in [0.1, 0.15) is 21.5 Å². The molecule has 29 heavy (non-hydrogen) atoms. The van der Waals surface area contributed by atoms with Crippen LogP contribution < -0.4 is 4.74 Å². The summed E-state index contributed by atoms with van der Waals surface area (Å²) in [7, 11) is 1.59. The first-order chi connectivity index (χ1) is 14.0. The number of rotatable bonds is 7. The number of hydrogen-bond donors (Lipinski definition) is 0. The van der Waals surface area contributed by atoms with Gasteiger partial charge in [0.05, 0.1) is 12.0 Å². The normalized spacial score (nSPS) is 11.7. The quantitative estimate of drug-likeness (QED) is 0.178. The fraction of sp³-hybridized carbons (Fsp3) is 0.0870. The number of benzene rings is 3. The second kappa shape index (κ2) is 10.3. The molecule has 0 aliphatic carbocycles. The van der Waals surface area contributed by atoms with E-state index >= 15 is 0 Å². The average molecular weight is 539 g/mol. The van der Waals surface area contributed by atoms with Crippen LogP contribution in [0, 0.1) is 5.82 Å². The largest absolute Gasteiger partial charge is 0.496 e. The number of halogens is 3. The molecule has 0 heterocycles. The summed E-state index contributed by atoms with van der Waals surface area (Å²) in [5.41, 5.74) is 1.88. The zero-order valence-electron chi connectivity index (χ0n) is 15.5. The Kier molecular flexibility index (Phi) is 7.75. The van der Waals surface area contributed by atoms with Crippen LogP contribution in [0.25, 0.3) is 3.58 Å². The van der Waals surface area contributed by atoms with Gasteiger partial charge in [0.2, 0.25) is 0 Å². The van der Waals surface area contributed by atoms with Crippen molar-refractivity contribution >= 4 is 55.3 Å². The van der Waals surface area contributed by atoms with E-state index in [1.54, 1.807) is 49.6 Å². The maximum Gasteiger partial charge on any atom is 0.200 e. The molecule has 0 radical (unpaired) electrons. The molecule has 0 atom stereocenters. The first-order valence-electron chi connectivity index (χ1n) is 8.71. The number of ether oxygens (including phenoxy) is 1. The Hall–Kier alpha value is -1.83. The third kappa shape index (κ3) is 5.41. The Morgan fingerprint density at radius 3 is 2.38 bits per heavy atom. The summed E-state index contributed by atoms with van der Waals surface area (Å²) in [6, 6.07) is 20.9. The van der Waals surface area contributed by atoms with Gasteiger partial charge >= 0.3 is 0 Å². The molecule has 3 aromatic carbocycles. The van der Waals surface area contributed by atoms with E-state index in [4.69, 9.17) is 16.3 Å².